The zero-order chi connectivity index (χ0) is 12.4. The van der Waals surface area contributed by atoms with E-state index in [0.717, 1.165) is 36.4 Å². The van der Waals surface area contributed by atoms with Crippen LogP contribution in [0, 0.1) is 5.92 Å². The van der Waals surface area contributed by atoms with Gasteiger partial charge in [0.15, 0.2) is 0 Å². The molecule has 1 atom stereocenters. The molecule has 1 unspecified atom stereocenters. The maximum Gasteiger partial charge on any atom is 0.138 e. The molecule has 0 bridgehead atoms. The van der Waals surface area contributed by atoms with Crippen molar-refractivity contribution in [2.24, 2.45) is 5.92 Å². The molecule has 1 saturated carbocycles. The average molecular weight is 266 g/mol. The van der Waals surface area contributed by atoms with Gasteiger partial charge in [0.05, 0.1) is 11.6 Å². The van der Waals surface area contributed by atoms with Crippen LogP contribution in [-0.4, -0.2) is 19.7 Å². The third kappa shape index (κ3) is 2.99. The lowest BCUT2D eigenvalue weighted by molar-refractivity contribution is 0.299. The Morgan fingerprint density at radius 2 is 2.17 bits per heavy atom. The molecule has 3 rings (SSSR count). The smallest absolute Gasteiger partial charge is 0.138 e. The fourth-order valence-corrected chi connectivity index (χ4v) is 2.69. The van der Waals surface area contributed by atoms with Crippen LogP contribution in [0.25, 0.3) is 0 Å². The third-order valence-corrected chi connectivity index (χ3v) is 4.21. The third-order valence-electron chi connectivity index (χ3n) is 3.90. The predicted octanol–water partition coefficient (Wildman–Crippen LogP) is 3.60. The minimum absolute atomic E-state index is 0.610. The van der Waals surface area contributed by atoms with Gasteiger partial charge >= 0.3 is 0 Å². The molecular weight excluding hydrogens is 246 g/mol. The van der Waals surface area contributed by atoms with Crippen molar-refractivity contribution in [2.75, 3.05) is 19.7 Å². The van der Waals surface area contributed by atoms with Crippen LogP contribution < -0.4 is 10.1 Å². The van der Waals surface area contributed by atoms with Gasteiger partial charge in [-0.3, -0.25) is 0 Å². The molecule has 2 aliphatic rings. The number of halogens is 1. The molecule has 2 nitrogen and oxygen atoms in total. The summed E-state index contributed by atoms with van der Waals surface area (Å²) in [4.78, 5) is 0. The molecule has 1 aromatic carbocycles. The zero-order valence-corrected chi connectivity index (χ0v) is 11.4. The van der Waals surface area contributed by atoms with Gasteiger partial charge in [-0.1, -0.05) is 17.7 Å². The molecule has 98 valence electrons. The second-order valence-corrected chi connectivity index (χ2v) is 5.89. The summed E-state index contributed by atoms with van der Waals surface area (Å²) >= 11 is 6.20. The lowest BCUT2D eigenvalue weighted by Crippen LogP contribution is -2.28. The van der Waals surface area contributed by atoms with Crippen molar-refractivity contribution in [2.45, 2.75) is 31.6 Å². The highest BCUT2D eigenvalue weighted by molar-refractivity contribution is 6.32. The summed E-state index contributed by atoms with van der Waals surface area (Å²) in [6.45, 7) is 3.05. The summed E-state index contributed by atoms with van der Waals surface area (Å²) in [5.74, 6) is 2.24. The van der Waals surface area contributed by atoms with Gasteiger partial charge < -0.3 is 10.1 Å². The van der Waals surface area contributed by atoms with Crippen LogP contribution in [0.1, 0.15) is 37.2 Å². The van der Waals surface area contributed by atoms with E-state index >= 15 is 0 Å². The van der Waals surface area contributed by atoms with Gasteiger partial charge in [-0.15, -0.1) is 0 Å². The number of ether oxygens (including phenoxy) is 1. The molecule has 0 spiro atoms. The summed E-state index contributed by atoms with van der Waals surface area (Å²) in [5.41, 5.74) is 1.36. The van der Waals surface area contributed by atoms with E-state index in [1.807, 2.05) is 6.07 Å². The molecule has 1 saturated heterocycles. The number of piperidine rings is 1. The van der Waals surface area contributed by atoms with Crippen molar-refractivity contribution in [1.82, 2.24) is 5.32 Å². The van der Waals surface area contributed by atoms with E-state index in [-0.39, 0.29) is 0 Å². The summed E-state index contributed by atoms with van der Waals surface area (Å²) in [7, 11) is 0. The Labute approximate surface area is 114 Å². The van der Waals surface area contributed by atoms with Crippen molar-refractivity contribution >= 4 is 11.6 Å². The Hall–Kier alpha value is -0.730. The first-order chi connectivity index (χ1) is 8.83. The van der Waals surface area contributed by atoms with E-state index < -0.39 is 0 Å². The van der Waals surface area contributed by atoms with Gasteiger partial charge in [-0.25, -0.2) is 0 Å². The topological polar surface area (TPSA) is 21.3 Å². The van der Waals surface area contributed by atoms with Crippen LogP contribution in [0.15, 0.2) is 18.2 Å². The molecule has 0 radical (unpaired) electrons. The molecule has 1 aromatic rings. The van der Waals surface area contributed by atoms with Crippen molar-refractivity contribution in [3.05, 3.63) is 28.8 Å². The fraction of sp³-hybridized carbons (Fsp3) is 0.600. The van der Waals surface area contributed by atoms with Crippen molar-refractivity contribution in [3.63, 3.8) is 0 Å². The molecule has 1 N–H and O–H groups in total. The Morgan fingerprint density at radius 3 is 2.89 bits per heavy atom. The molecular formula is C15H20ClNO. The molecule has 0 amide bonds. The maximum atomic E-state index is 6.20. The number of rotatable bonds is 4. The first-order valence-electron chi connectivity index (χ1n) is 6.96. The van der Waals surface area contributed by atoms with E-state index in [9.17, 15) is 0 Å². The highest BCUT2D eigenvalue weighted by Gasteiger charge is 2.23. The molecule has 2 fully saturated rings. The van der Waals surface area contributed by atoms with Gasteiger partial charge in [0, 0.05) is 6.54 Å². The van der Waals surface area contributed by atoms with Gasteiger partial charge in [-0.05, 0) is 61.8 Å². The molecule has 3 heteroatoms. The molecule has 18 heavy (non-hydrogen) atoms. The minimum atomic E-state index is 0.610. The Morgan fingerprint density at radius 1 is 1.28 bits per heavy atom. The highest BCUT2D eigenvalue weighted by atomic mass is 35.5. The van der Waals surface area contributed by atoms with Crippen molar-refractivity contribution in [3.8, 4) is 5.75 Å². The van der Waals surface area contributed by atoms with E-state index in [1.54, 1.807) is 0 Å². The van der Waals surface area contributed by atoms with Crippen LogP contribution >= 0.6 is 11.6 Å². The zero-order valence-electron chi connectivity index (χ0n) is 10.6. The Kier molecular flexibility index (Phi) is 3.76. The maximum absolute atomic E-state index is 6.20. The van der Waals surface area contributed by atoms with Crippen LogP contribution in [0.3, 0.4) is 0 Å². The first-order valence-corrected chi connectivity index (χ1v) is 7.33. The van der Waals surface area contributed by atoms with Crippen molar-refractivity contribution < 1.29 is 4.74 Å². The second-order valence-electron chi connectivity index (χ2n) is 5.49. The number of hydrogen-bond donors (Lipinski definition) is 1. The molecule has 0 aromatic heterocycles. The van der Waals surface area contributed by atoms with Crippen LogP contribution in [-0.2, 0) is 0 Å². The Balaban J connectivity index is 1.71. The molecule has 1 heterocycles. The lowest BCUT2D eigenvalue weighted by atomic mass is 9.91. The SMILES string of the molecule is Clc1ccc(C2CCCNC2)cc1OCC1CC1. The van der Waals surface area contributed by atoms with Crippen LogP contribution in [0.5, 0.6) is 5.75 Å². The fourth-order valence-electron chi connectivity index (χ4n) is 2.51. The predicted molar refractivity (Wildman–Crippen MR) is 74.5 cm³/mol. The molecule has 1 aliphatic carbocycles. The van der Waals surface area contributed by atoms with E-state index in [4.69, 9.17) is 16.3 Å². The quantitative estimate of drug-likeness (QED) is 0.898. The van der Waals surface area contributed by atoms with Crippen LogP contribution in [0.2, 0.25) is 5.02 Å². The minimum Gasteiger partial charge on any atom is -0.492 e. The largest absolute Gasteiger partial charge is 0.492 e. The number of benzene rings is 1. The second kappa shape index (κ2) is 5.50. The Bertz CT molecular complexity index is 411. The first kappa shape index (κ1) is 12.3. The van der Waals surface area contributed by atoms with Gasteiger partial charge in [0.25, 0.3) is 0 Å². The molecule has 1 aliphatic heterocycles. The highest BCUT2D eigenvalue weighted by Crippen LogP contribution is 2.34. The average Bonchev–Trinajstić information content (AvgIpc) is 3.23. The summed E-state index contributed by atoms with van der Waals surface area (Å²) < 4.78 is 5.84. The van der Waals surface area contributed by atoms with Gasteiger partial charge in [0.1, 0.15) is 5.75 Å². The normalized spacial score (nSPS) is 23.9. The van der Waals surface area contributed by atoms with E-state index in [1.165, 1.54) is 31.2 Å². The summed E-state index contributed by atoms with van der Waals surface area (Å²) in [5, 5.41) is 4.19. The van der Waals surface area contributed by atoms with Gasteiger partial charge in [-0.2, -0.15) is 0 Å². The number of hydrogen-bond acceptors (Lipinski definition) is 2. The van der Waals surface area contributed by atoms with Crippen LogP contribution in [0.4, 0.5) is 0 Å². The van der Waals surface area contributed by atoms with Crippen molar-refractivity contribution in [1.29, 1.82) is 0 Å². The standard InChI is InChI=1S/C15H20ClNO/c16-14-6-5-12(13-2-1-7-17-9-13)8-15(14)18-10-11-3-4-11/h5-6,8,11,13,17H,1-4,7,9-10H2. The van der Waals surface area contributed by atoms with Gasteiger partial charge in [0.2, 0.25) is 0 Å². The van der Waals surface area contributed by atoms with E-state index in [2.05, 4.69) is 17.4 Å². The number of nitrogens with one attached hydrogen (secondary N) is 1. The summed E-state index contributed by atoms with van der Waals surface area (Å²) in [6, 6.07) is 6.26. The monoisotopic (exact) mass is 265 g/mol. The van der Waals surface area contributed by atoms with E-state index in [0.29, 0.717) is 5.92 Å². The lowest BCUT2D eigenvalue weighted by Gasteiger charge is -2.23. The summed E-state index contributed by atoms with van der Waals surface area (Å²) in [6.07, 6.45) is 5.13.